The normalized spacial score (nSPS) is 18.9. The molecule has 2 N–H and O–H groups in total. The molecule has 1 aromatic carbocycles. The summed E-state index contributed by atoms with van der Waals surface area (Å²) < 4.78 is 0. The van der Waals surface area contributed by atoms with Crippen LogP contribution in [0, 0.1) is 5.92 Å². The molecular weight excluding hydrogens is 210 g/mol. The molecule has 17 heavy (non-hydrogen) atoms. The average Bonchev–Trinajstić information content (AvgIpc) is 2.40. The molecule has 1 unspecified atom stereocenters. The third-order valence-corrected chi connectivity index (χ3v) is 3.72. The van der Waals surface area contributed by atoms with Crippen molar-refractivity contribution < 1.29 is 4.79 Å². The minimum atomic E-state index is -0.432. The molecule has 2 rings (SSSR count). The van der Waals surface area contributed by atoms with Gasteiger partial charge in [0.2, 0.25) is 0 Å². The van der Waals surface area contributed by atoms with Crippen LogP contribution < -0.4 is 5.73 Å². The van der Waals surface area contributed by atoms with Crippen LogP contribution >= 0.6 is 0 Å². The molecule has 1 atom stereocenters. The number of ketones is 1. The molecule has 1 aliphatic carbocycles. The fraction of sp³-hybridized carbons (Fsp3) is 0.533. The number of benzene rings is 1. The van der Waals surface area contributed by atoms with Crippen molar-refractivity contribution in [1.82, 2.24) is 0 Å². The summed E-state index contributed by atoms with van der Waals surface area (Å²) in [6, 6.07) is 9.25. The van der Waals surface area contributed by atoms with Crippen LogP contribution in [0.2, 0.25) is 0 Å². The smallest absolute Gasteiger partial charge is 0.154 e. The van der Waals surface area contributed by atoms with Crippen molar-refractivity contribution in [1.29, 1.82) is 0 Å². The Balaban J connectivity index is 1.91. The average molecular weight is 231 g/mol. The van der Waals surface area contributed by atoms with Crippen LogP contribution in [0.3, 0.4) is 0 Å². The minimum absolute atomic E-state index is 0.197. The number of hydrogen-bond acceptors (Lipinski definition) is 2. The summed E-state index contributed by atoms with van der Waals surface area (Å²) in [6.07, 6.45) is 6.95. The molecule has 0 spiro atoms. The molecule has 0 saturated heterocycles. The first-order chi connectivity index (χ1) is 8.27. The van der Waals surface area contributed by atoms with Crippen LogP contribution in [0.15, 0.2) is 30.3 Å². The standard InChI is InChI=1S/C15H21NO/c16-15(13-9-5-2-6-10-13)14(17)11-12-7-3-1-4-8-12/h2,5-6,9-10,12,15H,1,3-4,7-8,11,16H2. The Morgan fingerprint density at radius 3 is 2.47 bits per heavy atom. The van der Waals surface area contributed by atoms with Crippen molar-refractivity contribution in [2.75, 3.05) is 0 Å². The highest BCUT2D eigenvalue weighted by Crippen LogP contribution is 2.28. The highest BCUT2D eigenvalue weighted by atomic mass is 16.1. The predicted octanol–water partition coefficient (Wildman–Crippen LogP) is 3.23. The summed E-state index contributed by atoms with van der Waals surface area (Å²) in [5.74, 6) is 0.772. The first kappa shape index (κ1) is 12.3. The second-order valence-corrected chi connectivity index (χ2v) is 5.06. The summed E-state index contributed by atoms with van der Waals surface area (Å²) in [5.41, 5.74) is 6.94. The first-order valence-electron chi connectivity index (χ1n) is 6.60. The van der Waals surface area contributed by atoms with Gasteiger partial charge in [-0.1, -0.05) is 62.4 Å². The quantitative estimate of drug-likeness (QED) is 0.864. The second-order valence-electron chi connectivity index (χ2n) is 5.06. The highest BCUT2D eigenvalue weighted by molar-refractivity contribution is 5.85. The Morgan fingerprint density at radius 1 is 1.18 bits per heavy atom. The molecular formula is C15H21NO. The van der Waals surface area contributed by atoms with Crippen LogP contribution in [0.1, 0.15) is 50.1 Å². The molecule has 0 amide bonds. The predicted molar refractivity (Wildman–Crippen MR) is 69.6 cm³/mol. The largest absolute Gasteiger partial charge is 0.318 e. The molecule has 0 heterocycles. The fourth-order valence-corrected chi connectivity index (χ4v) is 2.65. The molecule has 1 fully saturated rings. The highest BCUT2D eigenvalue weighted by Gasteiger charge is 2.21. The molecule has 0 radical (unpaired) electrons. The molecule has 1 aliphatic rings. The molecule has 1 aromatic rings. The number of carbonyl (C=O) groups excluding carboxylic acids is 1. The van der Waals surface area contributed by atoms with Gasteiger partial charge in [-0.05, 0) is 11.5 Å². The van der Waals surface area contributed by atoms with E-state index in [2.05, 4.69) is 0 Å². The van der Waals surface area contributed by atoms with Crippen molar-refractivity contribution in [3.8, 4) is 0 Å². The van der Waals surface area contributed by atoms with E-state index in [1.165, 1.54) is 32.1 Å². The zero-order chi connectivity index (χ0) is 12.1. The van der Waals surface area contributed by atoms with Crippen molar-refractivity contribution >= 4 is 5.78 Å². The lowest BCUT2D eigenvalue weighted by Crippen LogP contribution is -2.24. The van der Waals surface area contributed by atoms with Gasteiger partial charge in [0.15, 0.2) is 5.78 Å². The molecule has 2 heteroatoms. The van der Waals surface area contributed by atoms with E-state index in [1.54, 1.807) is 0 Å². The van der Waals surface area contributed by atoms with E-state index in [4.69, 9.17) is 5.73 Å². The van der Waals surface area contributed by atoms with Crippen LogP contribution in [0.5, 0.6) is 0 Å². The lowest BCUT2D eigenvalue weighted by molar-refractivity contribution is -0.121. The van der Waals surface area contributed by atoms with E-state index < -0.39 is 6.04 Å². The van der Waals surface area contributed by atoms with E-state index in [-0.39, 0.29) is 5.78 Å². The van der Waals surface area contributed by atoms with Gasteiger partial charge in [0.05, 0.1) is 6.04 Å². The summed E-state index contributed by atoms with van der Waals surface area (Å²) in [4.78, 5) is 12.1. The SMILES string of the molecule is NC(C(=O)CC1CCCCC1)c1ccccc1. The number of Topliss-reactive ketones (excluding diaryl/α,β-unsaturated/α-hetero) is 1. The maximum absolute atomic E-state index is 12.1. The van der Waals surface area contributed by atoms with E-state index in [1.807, 2.05) is 30.3 Å². The Kier molecular flexibility index (Phi) is 4.32. The van der Waals surface area contributed by atoms with Crippen molar-refractivity contribution in [2.24, 2.45) is 11.7 Å². The van der Waals surface area contributed by atoms with Gasteiger partial charge in [-0.25, -0.2) is 0 Å². The number of hydrogen-bond donors (Lipinski definition) is 1. The number of rotatable bonds is 4. The maximum Gasteiger partial charge on any atom is 0.154 e. The third kappa shape index (κ3) is 3.40. The van der Waals surface area contributed by atoms with Gasteiger partial charge in [-0.2, -0.15) is 0 Å². The summed E-state index contributed by atoms with van der Waals surface area (Å²) in [7, 11) is 0. The molecule has 92 valence electrons. The van der Waals surface area contributed by atoms with Crippen LogP contribution in [-0.4, -0.2) is 5.78 Å². The summed E-state index contributed by atoms with van der Waals surface area (Å²) in [6.45, 7) is 0. The Hall–Kier alpha value is -1.15. The van der Waals surface area contributed by atoms with Gasteiger partial charge >= 0.3 is 0 Å². The van der Waals surface area contributed by atoms with Gasteiger partial charge in [0, 0.05) is 6.42 Å². The zero-order valence-electron chi connectivity index (χ0n) is 10.3. The molecule has 2 nitrogen and oxygen atoms in total. The van der Waals surface area contributed by atoms with E-state index in [0.29, 0.717) is 12.3 Å². The van der Waals surface area contributed by atoms with E-state index in [0.717, 1.165) is 5.56 Å². The maximum atomic E-state index is 12.1. The van der Waals surface area contributed by atoms with Gasteiger partial charge in [0.1, 0.15) is 0 Å². The monoisotopic (exact) mass is 231 g/mol. The lowest BCUT2D eigenvalue weighted by atomic mass is 9.84. The van der Waals surface area contributed by atoms with Gasteiger partial charge in [-0.15, -0.1) is 0 Å². The number of carbonyl (C=O) groups is 1. The molecule has 0 aliphatic heterocycles. The van der Waals surface area contributed by atoms with Gasteiger partial charge in [-0.3, -0.25) is 4.79 Å². The van der Waals surface area contributed by atoms with Crippen molar-refractivity contribution in [2.45, 2.75) is 44.6 Å². The third-order valence-electron chi connectivity index (χ3n) is 3.72. The van der Waals surface area contributed by atoms with E-state index in [9.17, 15) is 4.79 Å². The van der Waals surface area contributed by atoms with Gasteiger partial charge < -0.3 is 5.73 Å². The van der Waals surface area contributed by atoms with Crippen molar-refractivity contribution in [3.63, 3.8) is 0 Å². The molecule has 0 aromatic heterocycles. The van der Waals surface area contributed by atoms with Crippen LogP contribution in [0.25, 0.3) is 0 Å². The zero-order valence-corrected chi connectivity index (χ0v) is 10.3. The van der Waals surface area contributed by atoms with Crippen molar-refractivity contribution in [3.05, 3.63) is 35.9 Å². The second kappa shape index (κ2) is 5.97. The van der Waals surface area contributed by atoms with Gasteiger partial charge in [0.25, 0.3) is 0 Å². The lowest BCUT2D eigenvalue weighted by Gasteiger charge is -2.22. The van der Waals surface area contributed by atoms with Crippen LogP contribution in [0.4, 0.5) is 0 Å². The number of nitrogens with two attached hydrogens (primary N) is 1. The molecule has 1 saturated carbocycles. The molecule has 0 bridgehead atoms. The first-order valence-corrected chi connectivity index (χ1v) is 6.60. The summed E-state index contributed by atoms with van der Waals surface area (Å²) >= 11 is 0. The fourth-order valence-electron chi connectivity index (χ4n) is 2.65. The Labute approximate surface area is 103 Å². The summed E-state index contributed by atoms with van der Waals surface area (Å²) in [5, 5.41) is 0. The Morgan fingerprint density at radius 2 is 1.82 bits per heavy atom. The van der Waals surface area contributed by atoms with E-state index >= 15 is 0 Å². The topological polar surface area (TPSA) is 43.1 Å². The minimum Gasteiger partial charge on any atom is -0.318 e. The van der Waals surface area contributed by atoms with Crippen LogP contribution in [-0.2, 0) is 4.79 Å². The Bertz CT molecular complexity index is 354.